The van der Waals surface area contributed by atoms with Crippen LogP contribution in [0.15, 0.2) is 30.3 Å². The molecule has 0 atom stereocenters. The second-order valence-corrected chi connectivity index (χ2v) is 13.6. The van der Waals surface area contributed by atoms with Crippen molar-refractivity contribution in [2.45, 2.75) is 219 Å². The van der Waals surface area contributed by atoms with E-state index in [-0.39, 0.29) is 0 Å². The van der Waals surface area contributed by atoms with Gasteiger partial charge in [-0.2, -0.15) is 0 Å². The number of benzene rings is 1. The summed E-state index contributed by atoms with van der Waals surface area (Å²) in [5.41, 5.74) is 0. The highest BCUT2D eigenvalue weighted by Crippen LogP contribution is 2.15. The number of rotatable bonds is 34. The Bertz CT molecular complexity index is 567. The van der Waals surface area contributed by atoms with Gasteiger partial charge in [0.25, 0.3) is 0 Å². The Morgan fingerprint density at radius 3 is 0.773 bits per heavy atom. The lowest BCUT2D eigenvalue weighted by Crippen LogP contribution is -1.97. The van der Waals surface area contributed by atoms with Gasteiger partial charge in [-0.1, -0.05) is 225 Å². The minimum absolute atomic E-state index is 0.322. The van der Waals surface area contributed by atoms with E-state index in [4.69, 9.17) is 9.84 Å². The van der Waals surface area contributed by atoms with E-state index in [2.05, 4.69) is 13.8 Å². The van der Waals surface area contributed by atoms with Crippen molar-refractivity contribution in [3.05, 3.63) is 30.3 Å². The molecule has 1 aromatic carbocycles. The van der Waals surface area contributed by atoms with E-state index in [1.54, 1.807) is 24.3 Å². The number of hydrogen-bond donors (Lipinski definition) is 1. The maximum Gasteiger partial charge on any atom is 0.115 e. The summed E-state index contributed by atoms with van der Waals surface area (Å²) < 4.78 is 5.87. The first-order chi connectivity index (χ1) is 21.8. The molecule has 260 valence electrons. The average Bonchev–Trinajstić information content (AvgIpc) is 3.04. The van der Waals surface area contributed by atoms with E-state index in [0.29, 0.717) is 5.75 Å². The highest BCUT2D eigenvalue weighted by molar-refractivity contribution is 5.18. The van der Waals surface area contributed by atoms with Gasteiger partial charge in [-0.3, -0.25) is 0 Å². The fourth-order valence-corrected chi connectivity index (χ4v) is 6.03. The van der Waals surface area contributed by atoms with Crippen LogP contribution in [0.4, 0.5) is 0 Å². The van der Waals surface area contributed by atoms with Crippen LogP contribution in [0.3, 0.4) is 0 Å². The van der Waals surface area contributed by atoms with Gasteiger partial charge in [0.15, 0.2) is 0 Å². The van der Waals surface area contributed by atoms with Crippen LogP contribution in [-0.2, 0) is 4.74 Å². The molecule has 0 saturated heterocycles. The number of phenols is 1. The molecule has 1 N–H and O–H groups in total. The molecular formula is C42H80O2. The van der Waals surface area contributed by atoms with Crippen LogP contribution in [0.25, 0.3) is 0 Å². The van der Waals surface area contributed by atoms with Crippen molar-refractivity contribution >= 4 is 0 Å². The highest BCUT2D eigenvalue weighted by atomic mass is 16.5. The van der Waals surface area contributed by atoms with Gasteiger partial charge in [0.05, 0.1) is 0 Å². The predicted octanol–water partition coefficient (Wildman–Crippen LogP) is 14.9. The molecule has 0 aromatic heterocycles. The summed E-state index contributed by atoms with van der Waals surface area (Å²) in [4.78, 5) is 0. The summed E-state index contributed by atoms with van der Waals surface area (Å²) in [5.74, 6) is 0.322. The van der Waals surface area contributed by atoms with Gasteiger partial charge in [-0.25, -0.2) is 0 Å². The fourth-order valence-electron chi connectivity index (χ4n) is 6.03. The second-order valence-electron chi connectivity index (χ2n) is 13.6. The summed E-state index contributed by atoms with van der Waals surface area (Å²) >= 11 is 0. The standard InChI is InChI=1S/C36H74O.C6H6O/c1-3-5-7-9-11-13-15-17-19-21-23-25-27-29-31-33-35-37-36-34-32-30-28-26-24-22-20-18-16-14-12-10-8-6-4-2;7-6-4-2-1-3-5-6/h3-36H2,1-2H3;1-5,7H. The molecule has 0 fully saturated rings. The lowest BCUT2D eigenvalue weighted by molar-refractivity contribution is 0.125. The molecule has 0 bridgehead atoms. The Kier molecular flexibility index (Phi) is 39.1. The maximum absolute atomic E-state index is 8.63. The second kappa shape index (κ2) is 40.0. The zero-order valence-electron chi connectivity index (χ0n) is 30.3. The Morgan fingerprint density at radius 1 is 0.341 bits per heavy atom. The van der Waals surface area contributed by atoms with Gasteiger partial charge in [0.1, 0.15) is 5.75 Å². The molecule has 0 saturated carbocycles. The lowest BCUT2D eigenvalue weighted by Gasteiger charge is -2.06. The fraction of sp³-hybridized carbons (Fsp3) is 0.857. The smallest absolute Gasteiger partial charge is 0.115 e. The minimum Gasteiger partial charge on any atom is -0.508 e. The third-order valence-electron chi connectivity index (χ3n) is 9.04. The number of hydrogen-bond acceptors (Lipinski definition) is 2. The van der Waals surface area contributed by atoms with Crippen molar-refractivity contribution in [2.24, 2.45) is 0 Å². The topological polar surface area (TPSA) is 29.5 Å². The number of unbranched alkanes of at least 4 members (excludes halogenated alkanes) is 30. The van der Waals surface area contributed by atoms with Crippen molar-refractivity contribution in [2.75, 3.05) is 13.2 Å². The molecule has 0 unspecified atom stereocenters. The SMILES string of the molecule is CCCCCCCCCCCCCCCCCCOCCCCCCCCCCCCCCCCCC.Oc1ccccc1. The lowest BCUT2D eigenvalue weighted by atomic mass is 10.0. The predicted molar refractivity (Wildman–Crippen MR) is 198 cm³/mol. The molecule has 0 spiro atoms. The molecule has 2 heteroatoms. The van der Waals surface area contributed by atoms with E-state index in [1.165, 1.54) is 205 Å². The first-order valence-electron chi connectivity index (χ1n) is 20.1. The molecule has 0 heterocycles. The Balaban J connectivity index is 0.00000229. The van der Waals surface area contributed by atoms with Crippen LogP contribution in [-0.4, -0.2) is 18.3 Å². The average molecular weight is 617 g/mol. The monoisotopic (exact) mass is 617 g/mol. The molecule has 2 nitrogen and oxygen atoms in total. The molecular weight excluding hydrogens is 536 g/mol. The van der Waals surface area contributed by atoms with Gasteiger partial charge in [0.2, 0.25) is 0 Å². The van der Waals surface area contributed by atoms with Crippen molar-refractivity contribution in [1.82, 2.24) is 0 Å². The van der Waals surface area contributed by atoms with Crippen molar-refractivity contribution in [3.8, 4) is 5.75 Å². The van der Waals surface area contributed by atoms with Crippen LogP contribution in [0.1, 0.15) is 219 Å². The van der Waals surface area contributed by atoms with E-state index < -0.39 is 0 Å². The first kappa shape index (κ1) is 43.0. The minimum atomic E-state index is 0.322. The summed E-state index contributed by atoms with van der Waals surface area (Å²) in [5, 5.41) is 8.63. The zero-order valence-corrected chi connectivity index (χ0v) is 30.3. The van der Waals surface area contributed by atoms with Crippen LogP contribution >= 0.6 is 0 Å². The van der Waals surface area contributed by atoms with Crippen molar-refractivity contribution in [1.29, 1.82) is 0 Å². The number of para-hydroxylation sites is 1. The van der Waals surface area contributed by atoms with Gasteiger partial charge in [-0.15, -0.1) is 0 Å². The molecule has 1 rings (SSSR count). The van der Waals surface area contributed by atoms with Crippen LogP contribution in [0.2, 0.25) is 0 Å². The van der Waals surface area contributed by atoms with Gasteiger partial charge < -0.3 is 9.84 Å². The molecule has 0 aliphatic rings. The van der Waals surface area contributed by atoms with Crippen LogP contribution in [0, 0.1) is 0 Å². The third kappa shape index (κ3) is 39.0. The van der Waals surface area contributed by atoms with E-state index in [1.807, 2.05) is 6.07 Å². The molecule has 0 aliphatic carbocycles. The van der Waals surface area contributed by atoms with E-state index in [9.17, 15) is 0 Å². The van der Waals surface area contributed by atoms with Gasteiger partial charge >= 0.3 is 0 Å². The Labute approximate surface area is 277 Å². The number of aromatic hydroxyl groups is 1. The van der Waals surface area contributed by atoms with Crippen LogP contribution in [0.5, 0.6) is 5.75 Å². The molecule has 44 heavy (non-hydrogen) atoms. The highest BCUT2D eigenvalue weighted by Gasteiger charge is 1.97. The first-order valence-corrected chi connectivity index (χ1v) is 20.1. The summed E-state index contributed by atoms with van der Waals surface area (Å²) in [6.45, 7) is 6.60. The summed E-state index contributed by atoms with van der Waals surface area (Å²) in [6, 6.07) is 8.71. The largest absolute Gasteiger partial charge is 0.508 e. The van der Waals surface area contributed by atoms with E-state index >= 15 is 0 Å². The third-order valence-corrected chi connectivity index (χ3v) is 9.04. The molecule has 1 aromatic rings. The quantitative estimate of drug-likeness (QED) is 0.0780. The number of phenolic OH excluding ortho intramolecular Hbond substituents is 1. The number of ether oxygens (including phenoxy) is 1. The molecule has 0 radical (unpaired) electrons. The molecule has 0 aliphatic heterocycles. The van der Waals surface area contributed by atoms with Gasteiger partial charge in [-0.05, 0) is 25.0 Å². The van der Waals surface area contributed by atoms with E-state index in [0.717, 1.165) is 13.2 Å². The zero-order chi connectivity index (χ0) is 31.9. The normalized spacial score (nSPS) is 11.0. The van der Waals surface area contributed by atoms with Crippen LogP contribution < -0.4 is 0 Å². The van der Waals surface area contributed by atoms with Crippen molar-refractivity contribution in [3.63, 3.8) is 0 Å². The maximum atomic E-state index is 8.63. The summed E-state index contributed by atoms with van der Waals surface area (Å²) in [7, 11) is 0. The summed E-state index contributed by atoms with van der Waals surface area (Å²) in [6.07, 6.45) is 46.0. The Hall–Kier alpha value is -1.02. The Morgan fingerprint density at radius 2 is 0.568 bits per heavy atom. The van der Waals surface area contributed by atoms with Crippen molar-refractivity contribution < 1.29 is 9.84 Å². The molecule has 0 amide bonds. The van der Waals surface area contributed by atoms with Gasteiger partial charge in [0, 0.05) is 13.2 Å².